The van der Waals surface area contributed by atoms with Gasteiger partial charge in [0.15, 0.2) is 0 Å². The number of unbranched alkanes of at least 4 members (excludes halogenated alkanes) is 1. The van der Waals surface area contributed by atoms with Crippen LogP contribution in [0, 0.1) is 0 Å². The van der Waals surface area contributed by atoms with E-state index in [-0.39, 0.29) is 12.3 Å². The van der Waals surface area contributed by atoms with Crippen LogP contribution in [0.3, 0.4) is 0 Å². The molecule has 0 spiro atoms. The third-order valence-electron chi connectivity index (χ3n) is 3.04. The maximum Gasteiger partial charge on any atom is 0.229 e. The standard InChI is InChI=1S/C13H16ClNO2/c1-2-3-6-15-11-5-4-9(14)7-10(11)12(16)8-13(15)17/h4-5,7,12,16H,2-3,6,8H2,1H3. The number of benzene rings is 1. The van der Waals surface area contributed by atoms with E-state index < -0.39 is 6.10 Å². The van der Waals surface area contributed by atoms with Gasteiger partial charge in [-0.1, -0.05) is 24.9 Å². The number of halogens is 1. The van der Waals surface area contributed by atoms with Crippen LogP contribution in [0.15, 0.2) is 18.2 Å². The van der Waals surface area contributed by atoms with Gasteiger partial charge in [0, 0.05) is 22.8 Å². The Balaban J connectivity index is 2.36. The van der Waals surface area contributed by atoms with Gasteiger partial charge in [0.2, 0.25) is 5.91 Å². The highest BCUT2D eigenvalue weighted by atomic mass is 35.5. The number of fused-ring (bicyclic) bond motifs is 1. The fraction of sp³-hybridized carbons (Fsp3) is 0.462. The molecule has 1 unspecified atom stereocenters. The first-order chi connectivity index (χ1) is 8.13. The van der Waals surface area contributed by atoms with E-state index in [1.54, 1.807) is 17.0 Å². The normalized spacial score (nSPS) is 19.4. The summed E-state index contributed by atoms with van der Waals surface area (Å²) < 4.78 is 0. The number of aliphatic hydroxyl groups excluding tert-OH is 1. The molecule has 1 heterocycles. The highest BCUT2D eigenvalue weighted by Crippen LogP contribution is 2.36. The summed E-state index contributed by atoms with van der Waals surface area (Å²) in [5, 5.41) is 10.5. The number of carbonyl (C=O) groups is 1. The van der Waals surface area contributed by atoms with Gasteiger partial charge in [0.1, 0.15) is 0 Å². The predicted octanol–water partition coefficient (Wildman–Crippen LogP) is 2.91. The number of carbonyl (C=O) groups excluding carboxylic acids is 1. The average Bonchev–Trinajstić information content (AvgIpc) is 2.29. The summed E-state index contributed by atoms with van der Waals surface area (Å²) in [6.45, 7) is 2.79. The molecular weight excluding hydrogens is 238 g/mol. The summed E-state index contributed by atoms with van der Waals surface area (Å²) in [7, 11) is 0. The lowest BCUT2D eigenvalue weighted by Crippen LogP contribution is -2.37. The average molecular weight is 254 g/mol. The minimum absolute atomic E-state index is 0.0132. The molecule has 1 aromatic rings. The zero-order valence-electron chi connectivity index (χ0n) is 9.82. The lowest BCUT2D eigenvalue weighted by molar-refractivity contribution is -0.121. The van der Waals surface area contributed by atoms with Gasteiger partial charge in [-0.15, -0.1) is 0 Å². The lowest BCUT2D eigenvalue weighted by atomic mass is 9.98. The maximum absolute atomic E-state index is 11.9. The van der Waals surface area contributed by atoms with Crippen molar-refractivity contribution < 1.29 is 9.90 Å². The monoisotopic (exact) mass is 253 g/mol. The van der Waals surface area contributed by atoms with Crippen molar-refractivity contribution in [1.29, 1.82) is 0 Å². The summed E-state index contributed by atoms with van der Waals surface area (Å²) in [4.78, 5) is 13.6. The second kappa shape index (κ2) is 5.07. The Morgan fingerprint density at radius 3 is 3.00 bits per heavy atom. The Bertz CT molecular complexity index is 433. The minimum Gasteiger partial charge on any atom is -0.388 e. The Hall–Kier alpha value is -1.06. The first-order valence-electron chi connectivity index (χ1n) is 5.91. The zero-order chi connectivity index (χ0) is 12.4. The molecule has 3 nitrogen and oxygen atoms in total. The highest BCUT2D eigenvalue weighted by molar-refractivity contribution is 6.30. The largest absolute Gasteiger partial charge is 0.388 e. The molecule has 1 N–H and O–H groups in total. The fourth-order valence-electron chi connectivity index (χ4n) is 2.12. The van der Waals surface area contributed by atoms with Crippen molar-refractivity contribution >= 4 is 23.2 Å². The summed E-state index contributed by atoms with van der Waals surface area (Å²) >= 11 is 5.92. The van der Waals surface area contributed by atoms with E-state index >= 15 is 0 Å². The Kier molecular flexibility index (Phi) is 3.69. The first kappa shape index (κ1) is 12.4. The number of anilines is 1. The molecule has 0 aromatic heterocycles. The second-order valence-electron chi connectivity index (χ2n) is 4.32. The molecule has 1 aliphatic heterocycles. The van der Waals surface area contributed by atoms with Crippen LogP contribution in [0.25, 0.3) is 0 Å². The molecule has 4 heteroatoms. The van der Waals surface area contributed by atoms with E-state index in [0.717, 1.165) is 24.1 Å². The molecule has 17 heavy (non-hydrogen) atoms. The van der Waals surface area contributed by atoms with Gasteiger partial charge in [-0.3, -0.25) is 4.79 Å². The molecule has 0 saturated heterocycles. The van der Waals surface area contributed by atoms with Gasteiger partial charge in [-0.05, 0) is 24.6 Å². The van der Waals surface area contributed by atoms with Gasteiger partial charge in [-0.25, -0.2) is 0 Å². The minimum atomic E-state index is -0.728. The van der Waals surface area contributed by atoms with Crippen molar-refractivity contribution in [3.63, 3.8) is 0 Å². The molecule has 0 fully saturated rings. The van der Waals surface area contributed by atoms with E-state index in [1.807, 2.05) is 6.07 Å². The molecule has 0 bridgehead atoms. The Morgan fingerprint density at radius 2 is 2.29 bits per heavy atom. The first-order valence-corrected chi connectivity index (χ1v) is 6.29. The van der Waals surface area contributed by atoms with Crippen molar-refractivity contribution in [1.82, 2.24) is 0 Å². The van der Waals surface area contributed by atoms with Crippen LogP contribution in [-0.2, 0) is 4.79 Å². The van der Waals surface area contributed by atoms with Gasteiger partial charge >= 0.3 is 0 Å². The van der Waals surface area contributed by atoms with Crippen LogP contribution in [0.5, 0.6) is 0 Å². The van der Waals surface area contributed by atoms with Crippen molar-refractivity contribution in [2.24, 2.45) is 0 Å². The van der Waals surface area contributed by atoms with Gasteiger partial charge in [-0.2, -0.15) is 0 Å². The molecule has 2 rings (SSSR count). The van der Waals surface area contributed by atoms with Crippen molar-refractivity contribution in [2.75, 3.05) is 11.4 Å². The molecule has 1 atom stereocenters. The molecule has 1 aliphatic rings. The zero-order valence-corrected chi connectivity index (χ0v) is 10.6. The van der Waals surface area contributed by atoms with Crippen LogP contribution >= 0.6 is 11.6 Å². The van der Waals surface area contributed by atoms with E-state index in [4.69, 9.17) is 11.6 Å². The summed E-state index contributed by atoms with van der Waals surface area (Å²) in [6, 6.07) is 5.31. The number of nitrogens with zero attached hydrogens (tertiary/aromatic N) is 1. The van der Waals surface area contributed by atoms with Crippen molar-refractivity contribution in [3.8, 4) is 0 Å². The predicted molar refractivity (Wildman–Crippen MR) is 68.3 cm³/mol. The van der Waals surface area contributed by atoms with E-state index in [9.17, 15) is 9.90 Å². The van der Waals surface area contributed by atoms with Crippen LogP contribution in [0.1, 0.15) is 37.9 Å². The third-order valence-corrected chi connectivity index (χ3v) is 3.28. The van der Waals surface area contributed by atoms with Crippen LogP contribution < -0.4 is 4.90 Å². The third kappa shape index (κ3) is 2.45. The topological polar surface area (TPSA) is 40.5 Å². The Morgan fingerprint density at radius 1 is 1.53 bits per heavy atom. The smallest absolute Gasteiger partial charge is 0.229 e. The van der Waals surface area contributed by atoms with Gasteiger partial charge < -0.3 is 10.0 Å². The van der Waals surface area contributed by atoms with Crippen LogP contribution in [0.4, 0.5) is 5.69 Å². The fourth-order valence-corrected chi connectivity index (χ4v) is 2.30. The second-order valence-corrected chi connectivity index (χ2v) is 4.76. The van der Waals surface area contributed by atoms with E-state index in [2.05, 4.69) is 6.92 Å². The quantitative estimate of drug-likeness (QED) is 0.900. The number of hydrogen-bond donors (Lipinski definition) is 1. The van der Waals surface area contributed by atoms with Crippen LogP contribution in [0.2, 0.25) is 5.02 Å². The van der Waals surface area contributed by atoms with Crippen LogP contribution in [-0.4, -0.2) is 17.6 Å². The number of rotatable bonds is 3. The van der Waals surface area contributed by atoms with E-state index in [1.165, 1.54) is 0 Å². The van der Waals surface area contributed by atoms with Gasteiger partial charge in [0.05, 0.1) is 12.5 Å². The summed E-state index contributed by atoms with van der Waals surface area (Å²) in [5.41, 5.74) is 1.56. The van der Waals surface area contributed by atoms with E-state index in [0.29, 0.717) is 11.6 Å². The van der Waals surface area contributed by atoms with Crippen molar-refractivity contribution in [3.05, 3.63) is 28.8 Å². The summed E-state index contributed by atoms with van der Waals surface area (Å²) in [6.07, 6.45) is 1.42. The summed E-state index contributed by atoms with van der Waals surface area (Å²) in [5.74, 6) is -0.0132. The molecule has 92 valence electrons. The maximum atomic E-state index is 11.9. The lowest BCUT2D eigenvalue weighted by Gasteiger charge is -2.32. The molecule has 0 radical (unpaired) electrons. The van der Waals surface area contributed by atoms with Crippen molar-refractivity contribution in [2.45, 2.75) is 32.3 Å². The highest BCUT2D eigenvalue weighted by Gasteiger charge is 2.29. The number of amides is 1. The molecule has 1 aromatic carbocycles. The molecule has 1 amide bonds. The molecular formula is C13H16ClNO2. The molecule has 0 aliphatic carbocycles. The van der Waals surface area contributed by atoms with Gasteiger partial charge in [0.25, 0.3) is 0 Å². The SMILES string of the molecule is CCCCN1C(=O)CC(O)c2cc(Cl)ccc21. The number of aliphatic hydroxyl groups is 1. The Labute approximate surface area is 106 Å². The number of hydrogen-bond acceptors (Lipinski definition) is 2. The molecule has 0 saturated carbocycles.